The van der Waals surface area contributed by atoms with Crippen LogP contribution in [0.2, 0.25) is 0 Å². The quantitative estimate of drug-likeness (QED) is 0.513. The zero-order chi connectivity index (χ0) is 20.1. The van der Waals surface area contributed by atoms with Crippen molar-refractivity contribution in [1.82, 2.24) is 0 Å². The Morgan fingerprint density at radius 2 is 1.29 bits per heavy atom. The molecule has 0 bridgehead atoms. The largest absolute Gasteiger partial charge is 0.455 e. The first kappa shape index (κ1) is 19.0. The number of hydrogen-bond donors (Lipinski definition) is 2. The van der Waals surface area contributed by atoms with Crippen LogP contribution in [0.4, 0.5) is 24.5 Å². The van der Waals surface area contributed by atoms with E-state index in [0.717, 1.165) is 6.07 Å². The van der Waals surface area contributed by atoms with Crippen molar-refractivity contribution < 1.29 is 27.5 Å². The van der Waals surface area contributed by atoms with Gasteiger partial charge in [0.25, 0.3) is 0 Å². The summed E-state index contributed by atoms with van der Waals surface area (Å²) in [6.07, 6.45) is 0. The molecule has 2 N–H and O–H groups in total. The fraction of sp³-hybridized carbons (Fsp3) is 0. The van der Waals surface area contributed by atoms with Gasteiger partial charge in [0.1, 0.15) is 5.75 Å². The Labute approximate surface area is 157 Å². The van der Waals surface area contributed by atoms with E-state index < -0.39 is 35.0 Å². The van der Waals surface area contributed by atoms with E-state index in [-0.39, 0.29) is 11.4 Å². The fourth-order valence-electron chi connectivity index (χ4n) is 2.26. The molecule has 142 valence electrons. The number of nitrogens with one attached hydrogen (secondary N) is 2. The molecule has 0 spiro atoms. The number of para-hydroxylation sites is 3. The highest BCUT2D eigenvalue weighted by atomic mass is 19.2. The third-order valence-corrected chi connectivity index (χ3v) is 3.60. The highest BCUT2D eigenvalue weighted by Gasteiger charge is 2.20. The Kier molecular flexibility index (Phi) is 5.59. The van der Waals surface area contributed by atoms with Gasteiger partial charge in [-0.05, 0) is 36.4 Å². The molecule has 0 radical (unpaired) electrons. The molecule has 3 rings (SSSR count). The molecule has 0 saturated carbocycles. The summed E-state index contributed by atoms with van der Waals surface area (Å²) in [6.45, 7) is 0. The van der Waals surface area contributed by atoms with Crippen LogP contribution in [0.15, 0.2) is 66.7 Å². The van der Waals surface area contributed by atoms with Crippen LogP contribution in [-0.2, 0) is 9.59 Å². The Hall–Kier alpha value is -3.81. The van der Waals surface area contributed by atoms with E-state index in [4.69, 9.17) is 4.74 Å². The van der Waals surface area contributed by atoms with Gasteiger partial charge in [-0.15, -0.1) is 0 Å². The Morgan fingerprint density at radius 1 is 0.679 bits per heavy atom. The molecule has 8 heteroatoms. The molecule has 0 heterocycles. The summed E-state index contributed by atoms with van der Waals surface area (Å²) in [5.41, 5.74) is -0.467. The maximum absolute atomic E-state index is 13.6. The summed E-state index contributed by atoms with van der Waals surface area (Å²) >= 11 is 0. The lowest BCUT2D eigenvalue weighted by Gasteiger charge is -2.12. The first-order valence-electron chi connectivity index (χ1n) is 8.03. The summed E-state index contributed by atoms with van der Waals surface area (Å²) < 4.78 is 45.5. The number of anilines is 2. The summed E-state index contributed by atoms with van der Waals surface area (Å²) in [5, 5.41) is 4.22. The molecule has 0 aromatic heterocycles. The molecular weight excluding hydrogens is 373 g/mol. The topological polar surface area (TPSA) is 67.4 Å². The van der Waals surface area contributed by atoms with Crippen molar-refractivity contribution in [3.05, 3.63) is 84.2 Å². The maximum atomic E-state index is 13.6. The number of rotatable bonds is 4. The van der Waals surface area contributed by atoms with Crippen LogP contribution in [0.3, 0.4) is 0 Å². The van der Waals surface area contributed by atoms with E-state index >= 15 is 0 Å². The van der Waals surface area contributed by atoms with Crippen molar-refractivity contribution >= 4 is 23.2 Å². The average Bonchev–Trinajstić information content (AvgIpc) is 2.70. The van der Waals surface area contributed by atoms with Crippen LogP contribution < -0.4 is 15.4 Å². The molecule has 0 unspecified atom stereocenters. The lowest BCUT2D eigenvalue weighted by atomic mass is 10.2. The summed E-state index contributed by atoms with van der Waals surface area (Å²) in [5.74, 6) is -6.39. The van der Waals surface area contributed by atoms with E-state index in [0.29, 0.717) is 11.8 Å². The minimum atomic E-state index is -1.75. The van der Waals surface area contributed by atoms with Gasteiger partial charge < -0.3 is 15.4 Å². The van der Waals surface area contributed by atoms with Gasteiger partial charge in [0, 0.05) is 0 Å². The normalized spacial score (nSPS) is 10.2. The van der Waals surface area contributed by atoms with Crippen LogP contribution in [0.5, 0.6) is 11.5 Å². The Balaban J connectivity index is 1.73. The molecule has 3 aromatic carbocycles. The standard InChI is InChI=1S/C20H13F3N2O3/c21-13-10-11-15(18(23)17(13)22)25-20(27)19(26)24-14-8-4-5-9-16(14)28-12-6-2-1-3-7-12/h1-11H,(H,24,26)(H,25,27). The molecule has 2 amide bonds. The van der Waals surface area contributed by atoms with E-state index in [9.17, 15) is 22.8 Å². The van der Waals surface area contributed by atoms with Crippen molar-refractivity contribution in [2.75, 3.05) is 10.6 Å². The minimum absolute atomic E-state index is 0.192. The highest BCUT2D eigenvalue weighted by molar-refractivity contribution is 6.43. The summed E-state index contributed by atoms with van der Waals surface area (Å²) in [7, 11) is 0. The van der Waals surface area contributed by atoms with Crippen LogP contribution in [0, 0.1) is 17.5 Å². The Morgan fingerprint density at radius 3 is 2.00 bits per heavy atom. The van der Waals surface area contributed by atoms with Crippen LogP contribution in [-0.4, -0.2) is 11.8 Å². The molecule has 3 aromatic rings. The molecule has 0 aliphatic carbocycles. The Bertz CT molecular complexity index is 1030. The number of hydrogen-bond acceptors (Lipinski definition) is 3. The predicted octanol–water partition coefficient (Wildman–Crippen LogP) is 4.47. The van der Waals surface area contributed by atoms with Gasteiger partial charge in [0.05, 0.1) is 11.4 Å². The lowest BCUT2D eigenvalue weighted by molar-refractivity contribution is -0.133. The third kappa shape index (κ3) is 4.29. The van der Waals surface area contributed by atoms with Crippen molar-refractivity contribution in [2.45, 2.75) is 0 Å². The van der Waals surface area contributed by atoms with E-state index in [1.165, 1.54) is 6.07 Å². The number of benzene rings is 3. The van der Waals surface area contributed by atoms with Gasteiger partial charge in [0.15, 0.2) is 23.2 Å². The molecule has 0 atom stereocenters. The molecule has 0 fully saturated rings. The second kappa shape index (κ2) is 8.26. The highest BCUT2D eigenvalue weighted by Crippen LogP contribution is 2.29. The predicted molar refractivity (Wildman–Crippen MR) is 96.5 cm³/mol. The van der Waals surface area contributed by atoms with E-state index in [2.05, 4.69) is 5.32 Å². The number of carbonyl (C=O) groups excluding carboxylic acids is 2. The first-order chi connectivity index (χ1) is 13.5. The van der Waals surface area contributed by atoms with Crippen LogP contribution in [0.1, 0.15) is 0 Å². The van der Waals surface area contributed by atoms with Gasteiger partial charge in [-0.1, -0.05) is 30.3 Å². The summed E-state index contributed by atoms with van der Waals surface area (Å²) in [4.78, 5) is 24.1. The molecular formula is C20H13F3N2O3. The SMILES string of the molecule is O=C(Nc1ccccc1Oc1ccccc1)C(=O)Nc1ccc(F)c(F)c1F. The molecule has 0 aliphatic heterocycles. The van der Waals surface area contributed by atoms with Gasteiger partial charge in [-0.2, -0.15) is 0 Å². The number of amides is 2. The first-order valence-corrected chi connectivity index (χ1v) is 8.03. The molecule has 5 nitrogen and oxygen atoms in total. The second-order valence-electron chi connectivity index (χ2n) is 5.54. The van der Waals surface area contributed by atoms with Crippen molar-refractivity contribution in [3.8, 4) is 11.5 Å². The monoisotopic (exact) mass is 386 g/mol. The van der Waals surface area contributed by atoms with Gasteiger partial charge in [-0.25, -0.2) is 13.2 Å². The number of ether oxygens (including phenoxy) is 1. The van der Waals surface area contributed by atoms with Crippen molar-refractivity contribution in [1.29, 1.82) is 0 Å². The minimum Gasteiger partial charge on any atom is -0.455 e. The fourth-order valence-corrected chi connectivity index (χ4v) is 2.26. The van der Waals surface area contributed by atoms with Crippen molar-refractivity contribution in [3.63, 3.8) is 0 Å². The van der Waals surface area contributed by atoms with E-state index in [1.54, 1.807) is 42.5 Å². The third-order valence-electron chi connectivity index (χ3n) is 3.60. The molecule has 0 saturated heterocycles. The smallest absolute Gasteiger partial charge is 0.314 e. The average molecular weight is 386 g/mol. The van der Waals surface area contributed by atoms with Crippen LogP contribution >= 0.6 is 0 Å². The van der Waals surface area contributed by atoms with Gasteiger partial charge in [0.2, 0.25) is 0 Å². The molecule has 0 aliphatic rings. The second-order valence-corrected chi connectivity index (χ2v) is 5.54. The lowest BCUT2D eigenvalue weighted by Crippen LogP contribution is -2.29. The van der Waals surface area contributed by atoms with Crippen molar-refractivity contribution in [2.24, 2.45) is 0 Å². The number of carbonyl (C=O) groups is 2. The summed E-state index contributed by atoms with van der Waals surface area (Å²) in [6, 6.07) is 16.6. The van der Waals surface area contributed by atoms with Gasteiger partial charge >= 0.3 is 11.8 Å². The zero-order valence-corrected chi connectivity index (χ0v) is 14.2. The van der Waals surface area contributed by atoms with E-state index in [1.807, 2.05) is 11.4 Å². The zero-order valence-electron chi connectivity index (χ0n) is 14.2. The molecule has 28 heavy (non-hydrogen) atoms. The van der Waals surface area contributed by atoms with Gasteiger partial charge in [-0.3, -0.25) is 9.59 Å². The van der Waals surface area contributed by atoms with Crippen LogP contribution in [0.25, 0.3) is 0 Å². The maximum Gasteiger partial charge on any atom is 0.314 e. The number of halogens is 3.